The van der Waals surface area contributed by atoms with Crippen LogP contribution in [0.5, 0.6) is 11.5 Å². The molecular formula is C23H23N3O6S. The summed E-state index contributed by atoms with van der Waals surface area (Å²) >= 11 is 1.55. The lowest BCUT2D eigenvalue weighted by Crippen LogP contribution is -2.48. The molecule has 2 aliphatic rings. The van der Waals surface area contributed by atoms with Crippen LogP contribution >= 0.6 is 11.3 Å². The van der Waals surface area contributed by atoms with E-state index in [1.54, 1.807) is 24.3 Å². The van der Waals surface area contributed by atoms with Crippen molar-refractivity contribution in [1.29, 1.82) is 0 Å². The van der Waals surface area contributed by atoms with Crippen molar-refractivity contribution in [2.24, 2.45) is 0 Å². The minimum absolute atomic E-state index is 0.0454. The standard InChI is InChI=1S/C23H23N3O6S/c1-2-29-23(28)15-11-19(32-25-15)16-13-33-21(24-16)14-7-9-26(10-8-14)22(27)20-12-30-17-5-3-4-6-18(17)31-20/h3-6,11,13-14,20H,2,7-10,12H2,1H3. The van der Waals surface area contributed by atoms with Gasteiger partial charge in [-0.15, -0.1) is 11.3 Å². The first-order valence-electron chi connectivity index (χ1n) is 10.9. The number of carbonyl (C=O) groups excluding carboxylic acids is 2. The quantitative estimate of drug-likeness (QED) is 0.523. The minimum Gasteiger partial charge on any atom is -0.485 e. The number of amides is 1. The summed E-state index contributed by atoms with van der Waals surface area (Å²) in [4.78, 5) is 31.3. The van der Waals surface area contributed by atoms with E-state index in [4.69, 9.17) is 23.7 Å². The van der Waals surface area contributed by atoms with Gasteiger partial charge in [0.25, 0.3) is 5.91 Å². The number of piperidine rings is 1. The second-order valence-corrected chi connectivity index (χ2v) is 8.72. The molecule has 9 nitrogen and oxygen atoms in total. The first kappa shape index (κ1) is 21.4. The predicted octanol–water partition coefficient (Wildman–Crippen LogP) is 3.52. The third-order valence-electron chi connectivity index (χ3n) is 5.71. The molecule has 1 saturated heterocycles. The zero-order valence-electron chi connectivity index (χ0n) is 18.1. The van der Waals surface area contributed by atoms with Crippen LogP contribution in [0.4, 0.5) is 0 Å². The normalized spacial score (nSPS) is 18.2. The molecule has 2 aliphatic heterocycles. The molecule has 1 fully saturated rings. The molecule has 0 spiro atoms. The summed E-state index contributed by atoms with van der Waals surface area (Å²) < 4.78 is 21.8. The number of hydrogen-bond donors (Lipinski definition) is 0. The Morgan fingerprint density at radius 2 is 2.00 bits per heavy atom. The molecule has 5 rings (SSSR count). The molecule has 1 amide bonds. The van der Waals surface area contributed by atoms with Gasteiger partial charge in [0.2, 0.25) is 6.10 Å². The minimum atomic E-state index is -0.622. The number of rotatable bonds is 5. The number of para-hydroxylation sites is 2. The predicted molar refractivity (Wildman–Crippen MR) is 118 cm³/mol. The van der Waals surface area contributed by atoms with Gasteiger partial charge < -0.3 is 23.6 Å². The highest BCUT2D eigenvalue weighted by Crippen LogP contribution is 2.35. The van der Waals surface area contributed by atoms with E-state index in [0.717, 1.165) is 17.8 Å². The van der Waals surface area contributed by atoms with Crippen molar-refractivity contribution in [3.8, 4) is 23.0 Å². The molecule has 2 aromatic heterocycles. The van der Waals surface area contributed by atoms with Gasteiger partial charge in [-0.1, -0.05) is 17.3 Å². The van der Waals surface area contributed by atoms with Crippen molar-refractivity contribution in [1.82, 2.24) is 15.0 Å². The molecule has 1 aromatic carbocycles. The largest absolute Gasteiger partial charge is 0.485 e. The molecule has 4 heterocycles. The Bertz CT molecular complexity index is 1150. The van der Waals surface area contributed by atoms with Crippen molar-refractivity contribution < 1.29 is 28.3 Å². The highest BCUT2D eigenvalue weighted by molar-refractivity contribution is 7.10. The molecule has 0 aliphatic carbocycles. The molecule has 0 N–H and O–H groups in total. The average molecular weight is 470 g/mol. The summed E-state index contributed by atoms with van der Waals surface area (Å²) in [6, 6.07) is 8.92. The first-order chi connectivity index (χ1) is 16.1. The lowest BCUT2D eigenvalue weighted by molar-refractivity contribution is -0.142. The fourth-order valence-electron chi connectivity index (χ4n) is 3.98. The molecule has 0 radical (unpaired) electrons. The van der Waals surface area contributed by atoms with Gasteiger partial charge in [0.15, 0.2) is 23.0 Å². The Balaban J connectivity index is 1.18. The number of thiazole rings is 1. The highest BCUT2D eigenvalue weighted by atomic mass is 32.1. The lowest BCUT2D eigenvalue weighted by Gasteiger charge is -2.34. The average Bonchev–Trinajstić information content (AvgIpc) is 3.54. The molecule has 172 valence electrons. The van der Waals surface area contributed by atoms with Crippen molar-refractivity contribution in [3.63, 3.8) is 0 Å². The summed E-state index contributed by atoms with van der Waals surface area (Å²) in [6.07, 6.45) is 1.00. The number of aromatic nitrogens is 2. The third-order valence-corrected chi connectivity index (χ3v) is 6.72. The van der Waals surface area contributed by atoms with Gasteiger partial charge in [-0.25, -0.2) is 9.78 Å². The van der Waals surface area contributed by atoms with Gasteiger partial charge in [0.05, 0.1) is 11.6 Å². The highest BCUT2D eigenvalue weighted by Gasteiger charge is 2.34. The number of likely N-dealkylation sites (tertiary alicyclic amines) is 1. The summed E-state index contributed by atoms with van der Waals surface area (Å²) in [5.41, 5.74) is 0.771. The number of esters is 1. The zero-order valence-corrected chi connectivity index (χ0v) is 18.9. The van der Waals surface area contributed by atoms with Crippen LogP contribution in [0.2, 0.25) is 0 Å². The number of carbonyl (C=O) groups is 2. The van der Waals surface area contributed by atoms with E-state index in [-0.39, 0.29) is 30.7 Å². The van der Waals surface area contributed by atoms with Gasteiger partial charge in [0, 0.05) is 30.5 Å². The molecule has 33 heavy (non-hydrogen) atoms. The van der Waals surface area contributed by atoms with Gasteiger partial charge in [0.1, 0.15) is 12.3 Å². The Kier molecular flexibility index (Phi) is 5.99. The van der Waals surface area contributed by atoms with Crippen molar-refractivity contribution in [3.05, 3.63) is 46.4 Å². The summed E-state index contributed by atoms with van der Waals surface area (Å²) in [6.45, 7) is 3.50. The van der Waals surface area contributed by atoms with Crippen molar-refractivity contribution >= 4 is 23.2 Å². The fraction of sp³-hybridized carbons (Fsp3) is 0.391. The molecule has 3 aromatic rings. The second kappa shape index (κ2) is 9.22. The third kappa shape index (κ3) is 4.43. The SMILES string of the molecule is CCOC(=O)c1cc(-c2csc(C3CCN(C(=O)C4COc5ccccc5O4)CC3)n2)on1. The second-order valence-electron chi connectivity index (χ2n) is 7.83. The summed E-state index contributed by atoms with van der Waals surface area (Å²) in [7, 11) is 0. The van der Waals surface area contributed by atoms with E-state index in [9.17, 15) is 9.59 Å². The van der Waals surface area contributed by atoms with E-state index in [1.165, 1.54) is 0 Å². The summed E-state index contributed by atoms with van der Waals surface area (Å²) in [5, 5.41) is 6.65. The van der Waals surface area contributed by atoms with E-state index >= 15 is 0 Å². The Hall–Kier alpha value is -3.40. The van der Waals surface area contributed by atoms with E-state index in [0.29, 0.717) is 36.0 Å². The van der Waals surface area contributed by atoms with E-state index in [1.807, 2.05) is 34.5 Å². The van der Waals surface area contributed by atoms with Crippen LogP contribution in [0.1, 0.15) is 41.2 Å². The van der Waals surface area contributed by atoms with Crippen LogP contribution in [0.3, 0.4) is 0 Å². The Labute approximate surface area is 194 Å². The van der Waals surface area contributed by atoms with Gasteiger partial charge in [-0.3, -0.25) is 4.79 Å². The molecule has 1 unspecified atom stereocenters. The van der Waals surface area contributed by atoms with Crippen molar-refractivity contribution in [2.75, 3.05) is 26.3 Å². The lowest BCUT2D eigenvalue weighted by atomic mass is 9.97. The number of benzene rings is 1. The topological polar surface area (TPSA) is 104 Å². The van der Waals surface area contributed by atoms with Crippen LogP contribution in [-0.2, 0) is 9.53 Å². The Morgan fingerprint density at radius 3 is 2.79 bits per heavy atom. The molecule has 1 atom stereocenters. The molecule has 0 bridgehead atoms. The molecular weight excluding hydrogens is 446 g/mol. The van der Waals surface area contributed by atoms with Crippen LogP contribution in [0, 0.1) is 0 Å². The van der Waals surface area contributed by atoms with Gasteiger partial charge in [-0.2, -0.15) is 0 Å². The number of fused-ring (bicyclic) bond motifs is 1. The number of ether oxygens (including phenoxy) is 3. The monoisotopic (exact) mass is 469 g/mol. The van der Waals surface area contributed by atoms with Crippen LogP contribution < -0.4 is 9.47 Å². The Morgan fingerprint density at radius 1 is 1.21 bits per heavy atom. The molecule has 10 heteroatoms. The van der Waals surface area contributed by atoms with Crippen LogP contribution in [0.15, 0.2) is 40.2 Å². The van der Waals surface area contributed by atoms with Crippen LogP contribution in [0.25, 0.3) is 11.5 Å². The zero-order chi connectivity index (χ0) is 22.8. The maximum absolute atomic E-state index is 12.9. The van der Waals surface area contributed by atoms with Gasteiger partial charge >= 0.3 is 5.97 Å². The van der Waals surface area contributed by atoms with Gasteiger partial charge in [-0.05, 0) is 31.9 Å². The fourth-order valence-corrected chi connectivity index (χ4v) is 4.96. The smallest absolute Gasteiger partial charge is 0.360 e. The molecule has 0 saturated carbocycles. The summed E-state index contributed by atoms with van der Waals surface area (Å²) in [5.74, 6) is 1.39. The number of nitrogens with zero attached hydrogens (tertiary/aromatic N) is 3. The maximum Gasteiger partial charge on any atom is 0.360 e. The number of hydrogen-bond acceptors (Lipinski definition) is 9. The van der Waals surface area contributed by atoms with Crippen LogP contribution in [-0.4, -0.2) is 59.3 Å². The van der Waals surface area contributed by atoms with E-state index in [2.05, 4.69) is 5.16 Å². The first-order valence-corrected chi connectivity index (χ1v) is 11.8. The van der Waals surface area contributed by atoms with Crippen molar-refractivity contribution in [2.45, 2.75) is 31.8 Å². The van der Waals surface area contributed by atoms with E-state index < -0.39 is 12.1 Å². The maximum atomic E-state index is 12.9.